The molecule has 1 aromatic rings. The van der Waals surface area contributed by atoms with Crippen LogP contribution < -0.4 is 0 Å². The van der Waals surface area contributed by atoms with Crippen LogP contribution in [0.5, 0.6) is 0 Å². The van der Waals surface area contributed by atoms with Gasteiger partial charge < -0.3 is 14.4 Å². The number of benzene rings is 1. The van der Waals surface area contributed by atoms with E-state index < -0.39 is 0 Å². The van der Waals surface area contributed by atoms with E-state index in [1.54, 1.807) is 0 Å². The fraction of sp³-hybridized carbons (Fsp3) is 0.650. The van der Waals surface area contributed by atoms with E-state index in [-0.39, 0.29) is 24.2 Å². The first kappa shape index (κ1) is 16.1. The zero-order chi connectivity index (χ0) is 16.4. The van der Waals surface area contributed by atoms with Crippen molar-refractivity contribution in [2.45, 2.75) is 56.8 Å². The van der Waals surface area contributed by atoms with Gasteiger partial charge in [-0.05, 0) is 43.6 Å². The number of carbonyl (C=O) groups excluding carboxylic acids is 1. The maximum absolute atomic E-state index is 12.8. The molecule has 0 spiro atoms. The number of rotatable bonds is 6. The molecule has 0 aromatic heterocycles. The molecule has 2 bridgehead atoms. The predicted molar refractivity (Wildman–Crippen MR) is 91.7 cm³/mol. The number of ether oxygens (including phenoxy) is 2. The van der Waals surface area contributed by atoms with Gasteiger partial charge in [0, 0.05) is 19.6 Å². The lowest BCUT2D eigenvalue weighted by atomic mass is 10.1. The molecule has 130 valence electrons. The molecule has 1 saturated heterocycles. The molecule has 1 aliphatic heterocycles. The van der Waals surface area contributed by atoms with Gasteiger partial charge in [0.05, 0.1) is 18.8 Å². The molecule has 1 amide bonds. The van der Waals surface area contributed by atoms with Gasteiger partial charge >= 0.3 is 0 Å². The summed E-state index contributed by atoms with van der Waals surface area (Å²) in [5, 5.41) is 0. The second-order valence-corrected chi connectivity index (χ2v) is 7.37. The Kier molecular flexibility index (Phi) is 4.86. The maximum Gasteiger partial charge on any atom is 0.223 e. The molecule has 2 aliphatic carbocycles. The van der Waals surface area contributed by atoms with Crippen LogP contribution in [0.1, 0.15) is 37.7 Å². The van der Waals surface area contributed by atoms with Gasteiger partial charge in [-0.1, -0.05) is 30.3 Å². The summed E-state index contributed by atoms with van der Waals surface area (Å²) in [5.74, 6) is 0.991. The second-order valence-electron chi connectivity index (χ2n) is 7.37. The van der Waals surface area contributed by atoms with Gasteiger partial charge in [0.15, 0.2) is 0 Å². The van der Waals surface area contributed by atoms with E-state index in [4.69, 9.17) is 9.47 Å². The lowest BCUT2D eigenvalue weighted by Crippen LogP contribution is -2.46. The van der Waals surface area contributed by atoms with Crippen LogP contribution in [0.3, 0.4) is 0 Å². The fourth-order valence-electron chi connectivity index (χ4n) is 3.99. The SMILES string of the molecule is O=C(CCc1ccccc1)N1CCO[C@H]2CC[C@H]1[C@H]2OCC1CC1. The standard InChI is InChI=1S/C20H27NO3/c22-19(11-8-15-4-2-1-3-5-15)21-12-13-23-18-10-9-17(21)20(18)24-14-16-6-7-16/h1-5,16-18,20H,6-14H2/t17-,18-,20+/m0/s1. The first-order valence-electron chi connectivity index (χ1n) is 9.38. The Morgan fingerprint density at radius 3 is 2.79 bits per heavy atom. The monoisotopic (exact) mass is 329 g/mol. The van der Waals surface area contributed by atoms with E-state index >= 15 is 0 Å². The number of aryl methyl sites for hydroxylation is 1. The Morgan fingerprint density at radius 1 is 1.17 bits per heavy atom. The van der Waals surface area contributed by atoms with Gasteiger partial charge in [0.2, 0.25) is 5.91 Å². The van der Waals surface area contributed by atoms with Crippen LogP contribution in [0, 0.1) is 5.92 Å². The highest BCUT2D eigenvalue weighted by atomic mass is 16.5. The Labute approximate surface area is 144 Å². The average Bonchev–Trinajstić information content (AvgIpc) is 3.36. The van der Waals surface area contributed by atoms with E-state index in [1.807, 2.05) is 23.1 Å². The Balaban J connectivity index is 1.38. The minimum absolute atomic E-state index is 0.0776. The lowest BCUT2D eigenvalue weighted by Gasteiger charge is -2.31. The molecule has 3 aliphatic rings. The molecule has 3 atom stereocenters. The van der Waals surface area contributed by atoms with Crippen molar-refractivity contribution >= 4 is 5.91 Å². The number of nitrogens with zero attached hydrogens (tertiary/aromatic N) is 1. The van der Waals surface area contributed by atoms with Gasteiger partial charge in [0.25, 0.3) is 0 Å². The summed E-state index contributed by atoms with van der Waals surface area (Å²) >= 11 is 0. The molecule has 1 heterocycles. The van der Waals surface area contributed by atoms with Crippen LogP contribution in [-0.4, -0.2) is 48.8 Å². The number of carbonyl (C=O) groups is 1. The van der Waals surface area contributed by atoms with Crippen molar-refractivity contribution in [2.24, 2.45) is 5.92 Å². The molecule has 0 radical (unpaired) electrons. The molecule has 0 unspecified atom stereocenters. The van der Waals surface area contributed by atoms with Crippen LogP contribution in [-0.2, 0) is 20.7 Å². The topological polar surface area (TPSA) is 38.8 Å². The van der Waals surface area contributed by atoms with Gasteiger partial charge in [-0.15, -0.1) is 0 Å². The fourth-order valence-corrected chi connectivity index (χ4v) is 3.99. The van der Waals surface area contributed by atoms with Gasteiger partial charge in [-0.2, -0.15) is 0 Å². The second kappa shape index (κ2) is 7.24. The third kappa shape index (κ3) is 3.65. The molecule has 4 heteroatoms. The normalized spacial score (nSPS) is 29.5. The summed E-state index contributed by atoms with van der Waals surface area (Å²) in [6, 6.07) is 10.5. The van der Waals surface area contributed by atoms with Crippen molar-refractivity contribution in [2.75, 3.05) is 19.8 Å². The highest BCUT2D eigenvalue weighted by molar-refractivity contribution is 5.77. The summed E-state index contributed by atoms with van der Waals surface area (Å²) in [6.07, 6.45) is 6.25. The Morgan fingerprint density at radius 2 is 2.00 bits per heavy atom. The van der Waals surface area contributed by atoms with Crippen molar-refractivity contribution < 1.29 is 14.3 Å². The number of hydrogen-bond donors (Lipinski definition) is 0. The van der Waals surface area contributed by atoms with Crippen molar-refractivity contribution in [3.63, 3.8) is 0 Å². The zero-order valence-corrected chi connectivity index (χ0v) is 14.2. The minimum Gasteiger partial charge on any atom is -0.374 e. The summed E-state index contributed by atoms with van der Waals surface area (Å²) < 4.78 is 12.2. The number of hydrogen-bond acceptors (Lipinski definition) is 3. The third-order valence-electron chi connectivity index (χ3n) is 5.57. The smallest absolute Gasteiger partial charge is 0.223 e. The van der Waals surface area contributed by atoms with Gasteiger partial charge in [0.1, 0.15) is 6.10 Å². The van der Waals surface area contributed by atoms with E-state index in [0.29, 0.717) is 19.6 Å². The van der Waals surface area contributed by atoms with Crippen molar-refractivity contribution in [3.05, 3.63) is 35.9 Å². The molecule has 4 rings (SSSR count). The molecular formula is C20H27NO3. The molecule has 2 saturated carbocycles. The maximum atomic E-state index is 12.8. The van der Waals surface area contributed by atoms with Crippen LogP contribution in [0.2, 0.25) is 0 Å². The summed E-state index contributed by atoms with van der Waals surface area (Å²) in [5.41, 5.74) is 1.22. The lowest BCUT2D eigenvalue weighted by molar-refractivity contribution is -0.136. The van der Waals surface area contributed by atoms with Crippen molar-refractivity contribution in [3.8, 4) is 0 Å². The number of amides is 1. The summed E-state index contributed by atoms with van der Waals surface area (Å²) in [4.78, 5) is 14.9. The average molecular weight is 329 g/mol. The number of fused-ring (bicyclic) bond motifs is 2. The molecule has 0 N–H and O–H groups in total. The van der Waals surface area contributed by atoms with Crippen LogP contribution in [0.25, 0.3) is 0 Å². The summed E-state index contributed by atoms with van der Waals surface area (Å²) in [6.45, 7) is 2.19. The van der Waals surface area contributed by atoms with Gasteiger partial charge in [-0.25, -0.2) is 0 Å². The molecule has 1 aromatic carbocycles. The van der Waals surface area contributed by atoms with E-state index in [1.165, 1.54) is 18.4 Å². The van der Waals surface area contributed by atoms with Crippen molar-refractivity contribution in [1.82, 2.24) is 4.90 Å². The first-order valence-corrected chi connectivity index (χ1v) is 9.38. The third-order valence-corrected chi connectivity index (χ3v) is 5.57. The molecule has 24 heavy (non-hydrogen) atoms. The van der Waals surface area contributed by atoms with E-state index in [2.05, 4.69) is 12.1 Å². The van der Waals surface area contributed by atoms with E-state index in [0.717, 1.165) is 31.8 Å². The van der Waals surface area contributed by atoms with Crippen LogP contribution in [0.4, 0.5) is 0 Å². The summed E-state index contributed by atoms with van der Waals surface area (Å²) in [7, 11) is 0. The van der Waals surface area contributed by atoms with Crippen LogP contribution >= 0.6 is 0 Å². The minimum atomic E-state index is 0.0776. The largest absolute Gasteiger partial charge is 0.374 e. The van der Waals surface area contributed by atoms with Crippen LogP contribution in [0.15, 0.2) is 30.3 Å². The highest BCUT2D eigenvalue weighted by Gasteiger charge is 2.45. The Bertz CT molecular complexity index is 557. The predicted octanol–water partition coefficient (Wildman–Crippen LogP) is 2.80. The van der Waals surface area contributed by atoms with Crippen molar-refractivity contribution in [1.29, 1.82) is 0 Å². The first-order chi connectivity index (χ1) is 11.8. The quantitative estimate of drug-likeness (QED) is 0.805. The molecular weight excluding hydrogens is 302 g/mol. The molecule has 3 fully saturated rings. The Hall–Kier alpha value is -1.39. The van der Waals surface area contributed by atoms with Gasteiger partial charge in [-0.3, -0.25) is 4.79 Å². The molecule has 4 nitrogen and oxygen atoms in total. The highest BCUT2D eigenvalue weighted by Crippen LogP contribution is 2.35. The zero-order valence-electron chi connectivity index (χ0n) is 14.2. The van der Waals surface area contributed by atoms with E-state index in [9.17, 15) is 4.79 Å².